The first kappa shape index (κ1) is 103. The molecule has 18 heteroatoms. The third-order valence-corrected chi connectivity index (χ3v) is 12.8. The second-order valence-electron chi connectivity index (χ2n) is 18.8. The predicted octanol–water partition coefficient (Wildman–Crippen LogP) is 26.7. The third kappa shape index (κ3) is 40.7. The molecule has 0 aliphatic carbocycles. The van der Waals surface area contributed by atoms with E-state index in [0.29, 0.717) is 36.8 Å². The zero-order valence-corrected chi connectivity index (χ0v) is 59.7. The van der Waals surface area contributed by atoms with Crippen molar-refractivity contribution < 1.29 is 40.5 Å². The maximum absolute atomic E-state index is 11.1. The van der Waals surface area contributed by atoms with E-state index in [1.165, 1.54) is 4.88 Å². The van der Waals surface area contributed by atoms with Crippen LogP contribution in [-0.2, 0) is 22.7 Å². The molecule has 536 valence electrons. The van der Waals surface area contributed by atoms with Crippen LogP contribution in [-0.4, -0.2) is 31.8 Å². The van der Waals surface area contributed by atoms with Crippen molar-refractivity contribution in [1.82, 2.24) is 30.6 Å². The minimum absolute atomic E-state index is 0. The van der Waals surface area contributed by atoms with Gasteiger partial charge in [0, 0.05) is 56.9 Å². The van der Waals surface area contributed by atoms with Crippen molar-refractivity contribution in [3.05, 3.63) is 166 Å². The van der Waals surface area contributed by atoms with Crippen molar-refractivity contribution in [3.63, 3.8) is 0 Å². The van der Waals surface area contributed by atoms with Crippen molar-refractivity contribution in [1.29, 1.82) is 0 Å². The molecule has 0 bridgehead atoms. The molecule has 0 saturated heterocycles. The number of hydrogen-bond donors (Lipinski definition) is 2. The summed E-state index contributed by atoms with van der Waals surface area (Å²) in [5, 5.41) is 13.8. The third-order valence-electron chi connectivity index (χ3n) is 10.3. The second kappa shape index (κ2) is 63.1. The summed E-state index contributed by atoms with van der Waals surface area (Å²) in [5.41, 5.74) is 5.56. The normalized spacial score (nSPS) is 9.09. The fraction of sp³-hybridized carbons (Fsp3) is 0.500. The Kier molecular flexibility index (Phi) is 69.1. The highest BCUT2D eigenvalue weighted by molar-refractivity contribution is 7.13. The van der Waals surface area contributed by atoms with E-state index in [0.717, 1.165) is 73.9 Å². The van der Waals surface area contributed by atoms with Crippen molar-refractivity contribution in [2.45, 2.75) is 247 Å². The van der Waals surface area contributed by atoms with Gasteiger partial charge in [0.2, 0.25) is 11.8 Å². The Bertz CT molecular complexity index is 2690. The number of oxazole rings is 4. The van der Waals surface area contributed by atoms with E-state index in [2.05, 4.69) is 63.6 Å². The van der Waals surface area contributed by atoms with Gasteiger partial charge in [-0.1, -0.05) is 223 Å². The summed E-state index contributed by atoms with van der Waals surface area (Å²) >= 11 is 5.01. The summed E-state index contributed by atoms with van der Waals surface area (Å²) in [4.78, 5) is 42.0. The van der Waals surface area contributed by atoms with Crippen molar-refractivity contribution in [2.24, 2.45) is 11.8 Å². The first-order valence-corrected chi connectivity index (χ1v) is 33.7. The summed E-state index contributed by atoms with van der Waals surface area (Å²) < 4.78 is 36.5. The molecule has 2 amide bonds. The van der Waals surface area contributed by atoms with Gasteiger partial charge in [0.1, 0.15) is 53.6 Å². The molecule has 10 heterocycles. The summed E-state index contributed by atoms with van der Waals surface area (Å²) in [6.45, 7) is 49.1. The number of carbonyl (C=O) groups is 2. The quantitative estimate of drug-likeness (QED) is 0.104. The van der Waals surface area contributed by atoms with E-state index in [1.807, 2.05) is 209 Å². The molecule has 10 aromatic rings. The Morgan fingerprint density at radius 2 is 0.819 bits per heavy atom. The van der Waals surface area contributed by atoms with Gasteiger partial charge in [0.15, 0.2) is 29.3 Å². The number of furan rings is 3. The number of nitrogens with zero attached hydrogens (tertiary/aromatic N) is 4. The van der Waals surface area contributed by atoms with Gasteiger partial charge in [-0.25, -0.2) is 19.9 Å². The molecule has 0 unspecified atom stereocenters. The molecule has 0 spiro atoms. The van der Waals surface area contributed by atoms with Crippen LogP contribution in [0.15, 0.2) is 163 Å². The lowest BCUT2D eigenvalue weighted by atomic mass is 10.2. The second-order valence-corrected chi connectivity index (χ2v) is 21.5. The first-order chi connectivity index (χ1) is 42.5. The molecule has 0 radical (unpaired) electrons. The molecule has 94 heavy (non-hydrogen) atoms. The molecular weight excluding hydrogens is 1240 g/mol. The van der Waals surface area contributed by atoms with Gasteiger partial charge in [-0.3, -0.25) is 9.59 Å². The summed E-state index contributed by atoms with van der Waals surface area (Å²) in [7, 11) is 0. The lowest BCUT2D eigenvalue weighted by molar-refractivity contribution is -0.124. The van der Waals surface area contributed by atoms with Gasteiger partial charge in [0.05, 0.1) is 43.0 Å². The van der Waals surface area contributed by atoms with E-state index in [-0.39, 0.29) is 68.2 Å². The number of aromatic nitrogens is 4. The van der Waals surface area contributed by atoms with E-state index in [4.69, 9.17) is 30.9 Å². The summed E-state index contributed by atoms with van der Waals surface area (Å²) in [6.07, 6.45) is 13.2. The SMILES string of the molecule is C.C.C.C.C.C.CC.CC.CC.CC.CC.CC.CC(C)C(=O)NCc1ccco1.CC(C)C(=O)NCc1cccs1.CC(C)c1nc(-c2ccco2)co1.CC(C)c1nc(-c2cccs2)co1.CC(C)c1nc(-c2ccoc2)co1.CC(C)c1nc(-c2ccsc2)co1. The zero-order chi connectivity index (χ0) is 67.0. The van der Waals surface area contributed by atoms with Crippen molar-refractivity contribution >= 4 is 45.8 Å². The van der Waals surface area contributed by atoms with Crippen LogP contribution in [0.2, 0.25) is 0 Å². The summed E-state index contributed by atoms with van der Waals surface area (Å²) in [5.74, 6) is 6.25. The monoisotopic (exact) mass is 1370 g/mol. The lowest BCUT2D eigenvalue weighted by Crippen LogP contribution is -2.26. The van der Waals surface area contributed by atoms with Crippen LogP contribution in [0.1, 0.15) is 269 Å². The Morgan fingerprint density at radius 3 is 1.18 bits per heavy atom. The molecule has 0 atom stereocenters. The molecule has 10 rings (SSSR count). The highest BCUT2D eigenvalue weighted by Crippen LogP contribution is 2.27. The predicted molar refractivity (Wildman–Crippen MR) is 409 cm³/mol. The molecule has 15 nitrogen and oxygen atoms in total. The molecule has 0 aliphatic rings. The highest BCUT2D eigenvalue weighted by Gasteiger charge is 2.13. The smallest absolute Gasteiger partial charge is 0.222 e. The van der Waals surface area contributed by atoms with Crippen molar-refractivity contribution in [2.75, 3.05) is 0 Å². The van der Waals surface area contributed by atoms with Crippen LogP contribution in [0.25, 0.3) is 44.5 Å². The fourth-order valence-corrected chi connectivity index (χ4v) is 7.92. The van der Waals surface area contributed by atoms with Gasteiger partial charge in [-0.15, -0.1) is 22.7 Å². The number of nitrogens with one attached hydrogen (secondary N) is 2. The van der Waals surface area contributed by atoms with E-state index in [1.54, 1.807) is 90.2 Å². The topological polar surface area (TPSA) is 202 Å². The maximum atomic E-state index is 11.1. The average Bonchev–Trinajstić information content (AvgIpc) is 1.79. The molecular formula is C76H130N6O9S3. The number of thiophene rings is 3. The van der Waals surface area contributed by atoms with Crippen LogP contribution in [0.5, 0.6) is 0 Å². The number of carbonyl (C=O) groups excluding carboxylic acids is 2. The minimum Gasteiger partial charge on any atom is -0.472 e. The molecule has 0 aromatic carbocycles. The van der Waals surface area contributed by atoms with Crippen LogP contribution < -0.4 is 10.6 Å². The lowest BCUT2D eigenvalue weighted by Gasteiger charge is -2.05. The molecule has 0 fully saturated rings. The molecule has 10 aromatic heterocycles. The maximum Gasteiger partial charge on any atom is 0.222 e. The van der Waals surface area contributed by atoms with Gasteiger partial charge >= 0.3 is 0 Å². The largest absolute Gasteiger partial charge is 0.472 e. The van der Waals surface area contributed by atoms with Crippen LogP contribution in [0.4, 0.5) is 0 Å². The molecule has 0 saturated carbocycles. The summed E-state index contributed by atoms with van der Waals surface area (Å²) in [6, 6.07) is 19.3. The fourth-order valence-electron chi connectivity index (χ4n) is 5.95. The standard InChI is InChI=1S/2C10H11NO2.2C10H11NOS.C9H13NO2.C9H13NOS.6C2H6.6CH4/c1-7(2)10-11-9(6-13-10)8-3-4-12-5-8;1-7(2)10-11-8(6-13-10)9-4-3-5-12-9;1-7(2)10-11-9(5-12-10)8-3-4-13-6-8;1-7(2)10-11-8(6-12-10)9-4-3-5-13-9;2*1-7(2)9(11)10-6-8-4-3-5-12-8;6*1-2;;;;;;/h4*3-7H,1-2H3;2*3-5,7H,6H2,1-2H3,(H,10,11);6*1-2H3;6*1H4. The van der Waals surface area contributed by atoms with Gasteiger partial charge in [-0.2, -0.15) is 11.3 Å². The zero-order valence-electron chi connectivity index (χ0n) is 57.3. The van der Waals surface area contributed by atoms with Gasteiger partial charge < -0.3 is 41.6 Å². The Labute approximate surface area is 583 Å². The number of amides is 2. The Hall–Kier alpha value is -7.28. The van der Waals surface area contributed by atoms with Gasteiger partial charge in [0.25, 0.3) is 0 Å². The van der Waals surface area contributed by atoms with Gasteiger partial charge in [-0.05, 0) is 64.7 Å². The minimum atomic E-state index is 0. The van der Waals surface area contributed by atoms with Crippen LogP contribution in [0, 0.1) is 11.8 Å². The van der Waals surface area contributed by atoms with Crippen LogP contribution >= 0.6 is 34.0 Å². The number of hydrogen-bond acceptors (Lipinski definition) is 16. The highest BCUT2D eigenvalue weighted by atomic mass is 32.1. The Balaban J connectivity index is -0.000000150. The first-order valence-electron chi connectivity index (χ1n) is 31.0. The molecule has 2 N–H and O–H groups in total. The number of rotatable bonds is 14. The van der Waals surface area contributed by atoms with Crippen molar-refractivity contribution in [3.8, 4) is 44.5 Å². The van der Waals surface area contributed by atoms with Crippen LogP contribution in [0.3, 0.4) is 0 Å². The molecule has 0 aliphatic heterocycles. The Morgan fingerprint density at radius 1 is 0.404 bits per heavy atom. The van der Waals surface area contributed by atoms with E-state index < -0.39 is 0 Å². The van der Waals surface area contributed by atoms with E-state index in [9.17, 15) is 9.59 Å². The average molecular weight is 1370 g/mol. The van der Waals surface area contributed by atoms with E-state index >= 15 is 0 Å².